The number of aliphatic hydroxyl groups is 1. The molecule has 0 amide bonds. The predicted molar refractivity (Wildman–Crippen MR) is 71.9 cm³/mol. The number of rotatable bonds is 9. The second kappa shape index (κ2) is 8.63. The van der Waals surface area contributed by atoms with Crippen LogP contribution in [0.25, 0.3) is 0 Å². The number of benzene rings is 1. The van der Waals surface area contributed by atoms with Crippen molar-refractivity contribution in [2.24, 2.45) is 0 Å². The van der Waals surface area contributed by atoms with Gasteiger partial charge in [-0.05, 0) is 12.6 Å². The Balaban J connectivity index is 2.13. The van der Waals surface area contributed by atoms with Crippen LogP contribution in [-0.2, 0) is 16.1 Å². The summed E-state index contributed by atoms with van der Waals surface area (Å²) < 4.78 is 5.41. The maximum atomic E-state index is 10.4. The molecule has 0 aliphatic carbocycles. The van der Waals surface area contributed by atoms with Gasteiger partial charge in [-0.1, -0.05) is 30.3 Å². The quantitative estimate of drug-likeness (QED) is 0.697. The average molecular weight is 267 g/mol. The summed E-state index contributed by atoms with van der Waals surface area (Å²) in [6, 6.07) is 9.75. The van der Waals surface area contributed by atoms with Gasteiger partial charge in [0.25, 0.3) is 0 Å². The first-order valence-corrected chi connectivity index (χ1v) is 6.28. The minimum absolute atomic E-state index is 0.0775. The SMILES string of the molecule is CN(CCC(=O)O)CC(O)COCc1ccccc1. The monoisotopic (exact) mass is 267 g/mol. The molecule has 0 saturated carbocycles. The van der Waals surface area contributed by atoms with Crippen molar-refractivity contribution in [1.29, 1.82) is 0 Å². The van der Waals surface area contributed by atoms with E-state index in [4.69, 9.17) is 9.84 Å². The molecule has 0 aliphatic rings. The summed E-state index contributed by atoms with van der Waals surface area (Å²) in [5.74, 6) is -0.832. The number of hydrogen-bond acceptors (Lipinski definition) is 4. The van der Waals surface area contributed by atoms with Crippen LogP contribution < -0.4 is 0 Å². The van der Waals surface area contributed by atoms with E-state index < -0.39 is 12.1 Å². The molecule has 1 unspecified atom stereocenters. The lowest BCUT2D eigenvalue weighted by atomic mass is 10.2. The number of aliphatic carboxylic acids is 1. The zero-order valence-corrected chi connectivity index (χ0v) is 11.2. The van der Waals surface area contributed by atoms with Gasteiger partial charge in [0, 0.05) is 13.1 Å². The fourth-order valence-corrected chi connectivity index (χ4v) is 1.68. The maximum absolute atomic E-state index is 10.4. The van der Waals surface area contributed by atoms with Crippen molar-refractivity contribution in [1.82, 2.24) is 4.90 Å². The molecule has 0 aromatic heterocycles. The number of carboxylic acid groups (broad SMARTS) is 1. The fraction of sp³-hybridized carbons (Fsp3) is 0.500. The van der Waals surface area contributed by atoms with E-state index in [1.807, 2.05) is 30.3 Å². The highest BCUT2D eigenvalue weighted by atomic mass is 16.5. The third kappa shape index (κ3) is 7.56. The Morgan fingerprint density at radius 1 is 1.37 bits per heavy atom. The summed E-state index contributed by atoms with van der Waals surface area (Å²) in [4.78, 5) is 12.2. The second-order valence-electron chi connectivity index (χ2n) is 4.56. The lowest BCUT2D eigenvalue weighted by Crippen LogP contribution is -2.33. The molecular weight excluding hydrogens is 246 g/mol. The molecule has 0 fully saturated rings. The van der Waals surface area contributed by atoms with E-state index in [-0.39, 0.29) is 13.0 Å². The number of nitrogens with zero attached hydrogens (tertiary/aromatic N) is 1. The third-order valence-corrected chi connectivity index (χ3v) is 2.65. The molecule has 0 spiro atoms. The first-order valence-electron chi connectivity index (χ1n) is 6.28. The summed E-state index contributed by atoms with van der Waals surface area (Å²) in [6.07, 6.45) is -0.531. The molecule has 5 nitrogen and oxygen atoms in total. The number of likely N-dealkylation sites (N-methyl/N-ethyl adjacent to an activating group) is 1. The molecule has 0 radical (unpaired) electrons. The summed E-state index contributed by atoms with van der Waals surface area (Å²) in [5.41, 5.74) is 1.06. The van der Waals surface area contributed by atoms with E-state index in [1.165, 1.54) is 0 Å². The molecule has 106 valence electrons. The zero-order valence-electron chi connectivity index (χ0n) is 11.2. The summed E-state index contributed by atoms with van der Waals surface area (Å²) in [7, 11) is 1.78. The van der Waals surface area contributed by atoms with Gasteiger partial charge >= 0.3 is 5.97 Å². The lowest BCUT2D eigenvalue weighted by molar-refractivity contribution is -0.137. The molecule has 1 aromatic carbocycles. The molecule has 1 aromatic rings. The van der Waals surface area contributed by atoms with E-state index >= 15 is 0 Å². The van der Waals surface area contributed by atoms with E-state index in [9.17, 15) is 9.90 Å². The smallest absolute Gasteiger partial charge is 0.304 e. The van der Waals surface area contributed by atoms with Gasteiger partial charge in [0.05, 0.1) is 25.7 Å². The van der Waals surface area contributed by atoms with Crippen molar-refractivity contribution in [3.8, 4) is 0 Å². The molecule has 0 heterocycles. The van der Waals surface area contributed by atoms with Crippen LogP contribution in [0, 0.1) is 0 Å². The fourth-order valence-electron chi connectivity index (χ4n) is 1.68. The molecule has 0 aliphatic heterocycles. The number of carboxylic acids is 1. The van der Waals surface area contributed by atoms with Crippen molar-refractivity contribution in [3.05, 3.63) is 35.9 Å². The van der Waals surface area contributed by atoms with Crippen LogP contribution in [0.4, 0.5) is 0 Å². The van der Waals surface area contributed by atoms with Crippen molar-refractivity contribution < 1.29 is 19.7 Å². The van der Waals surface area contributed by atoms with Crippen LogP contribution in [0.3, 0.4) is 0 Å². The van der Waals surface area contributed by atoms with Crippen LogP contribution in [0.1, 0.15) is 12.0 Å². The number of hydrogen-bond donors (Lipinski definition) is 2. The zero-order chi connectivity index (χ0) is 14.1. The Morgan fingerprint density at radius 3 is 2.68 bits per heavy atom. The highest BCUT2D eigenvalue weighted by Gasteiger charge is 2.09. The Bertz CT molecular complexity index is 369. The lowest BCUT2D eigenvalue weighted by Gasteiger charge is -2.19. The van der Waals surface area contributed by atoms with Crippen LogP contribution in [0.2, 0.25) is 0 Å². The van der Waals surface area contributed by atoms with Gasteiger partial charge in [-0.15, -0.1) is 0 Å². The highest BCUT2D eigenvalue weighted by Crippen LogP contribution is 2.01. The van der Waals surface area contributed by atoms with Gasteiger partial charge in [0.1, 0.15) is 0 Å². The van der Waals surface area contributed by atoms with Crippen LogP contribution in [0.15, 0.2) is 30.3 Å². The minimum Gasteiger partial charge on any atom is -0.481 e. The van der Waals surface area contributed by atoms with E-state index in [0.717, 1.165) is 5.56 Å². The highest BCUT2D eigenvalue weighted by molar-refractivity contribution is 5.66. The summed E-state index contributed by atoms with van der Waals surface area (Å²) >= 11 is 0. The van der Waals surface area contributed by atoms with Crippen LogP contribution in [-0.4, -0.2) is 53.9 Å². The Kier molecular flexibility index (Phi) is 7.10. The Hall–Kier alpha value is -1.43. The van der Waals surface area contributed by atoms with Crippen molar-refractivity contribution in [2.75, 3.05) is 26.7 Å². The minimum atomic E-state index is -0.832. The van der Waals surface area contributed by atoms with Crippen molar-refractivity contribution >= 4 is 5.97 Å². The van der Waals surface area contributed by atoms with Gasteiger partial charge in [0.2, 0.25) is 0 Å². The van der Waals surface area contributed by atoms with Gasteiger partial charge in [-0.3, -0.25) is 4.79 Å². The first kappa shape index (κ1) is 15.6. The number of aliphatic hydroxyl groups excluding tert-OH is 1. The average Bonchev–Trinajstić information content (AvgIpc) is 2.37. The van der Waals surface area contributed by atoms with E-state index in [1.54, 1.807) is 11.9 Å². The molecule has 0 saturated heterocycles. The second-order valence-corrected chi connectivity index (χ2v) is 4.56. The number of ether oxygens (including phenoxy) is 1. The molecule has 19 heavy (non-hydrogen) atoms. The van der Waals surface area contributed by atoms with Gasteiger partial charge in [-0.25, -0.2) is 0 Å². The molecule has 2 N–H and O–H groups in total. The van der Waals surface area contributed by atoms with Crippen molar-refractivity contribution in [2.45, 2.75) is 19.1 Å². The first-order chi connectivity index (χ1) is 9.08. The summed E-state index contributed by atoms with van der Waals surface area (Å²) in [6.45, 7) is 1.54. The van der Waals surface area contributed by atoms with E-state index in [2.05, 4.69) is 0 Å². The van der Waals surface area contributed by atoms with Gasteiger partial charge in [0.15, 0.2) is 0 Å². The van der Waals surface area contributed by atoms with E-state index in [0.29, 0.717) is 19.7 Å². The largest absolute Gasteiger partial charge is 0.481 e. The topological polar surface area (TPSA) is 70.0 Å². The molecule has 1 atom stereocenters. The van der Waals surface area contributed by atoms with Gasteiger partial charge < -0.3 is 19.8 Å². The van der Waals surface area contributed by atoms with Crippen molar-refractivity contribution in [3.63, 3.8) is 0 Å². The molecular formula is C14H21NO4. The molecule has 1 rings (SSSR count). The summed E-state index contributed by atoms with van der Waals surface area (Å²) in [5, 5.41) is 18.3. The molecule has 0 bridgehead atoms. The van der Waals surface area contributed by atoms with Crippen LogP contribution >= 0.6 is 0 Å². The third-order valence-electron chi connectivity index (χ3n) is 2.65. The standard InChI is InChI=1S/C14H21NO4/c1-15(8-7-14(17)18)9-13(16)11-19-10-12-5-3-2-4-6-12/h2-6,13,16H,7-11H2,1H3,(H,17,18). The Labute approximate surface area is 113 Å². The van der Waals surface area contributed by atoms with Crippen LogP contribution in [0.5, 0.6) is 0 Å². The number of carbonyl (C=O) groups is 1. The van der Waals surface area contributed by atoms with Gasteiger partial charge in [-0.2, -0.15) is 0 Å². The Morgan fingerprint density at radius 2 is 2.05 bits per heavy atom. The molecule has 5 heteroatoms. The predicted octanol–water partition coefficient (Wildman–Crippen LogP) is 0.971. The maximum Gasteiger partial charge on any atom is 0.304 e. The normalized spacial score (nSPS) is 12.6.